The molecule has 1 heterocycles. The van der Waals surface area contributed by atoms with Crippen LogP contribution in [0.4, 0.5) is 0 Å². The van der Waals surface area contributed by atoms with Crippen LogP contribution in [0.25, 0.3) is 10.6 Å². The van der Waals surface area contributed by atoms with Crippen molar-refractivity contribution in [2.45, 2.75) is 20.3 Å². The van der Waals surface area contributed by atoms with Crippen LogP contribution in [0.1, 0.15) is 30.8 Å². The Hall–Kier alpha value is -2.08. The zero-order chi connectivity index (χ0) is 15.9. The summed E-state index contributed by atoms with van der Waals surface area (Å²) in [6, 6.07) is 5.68. The first-order valence-corrected chi connectivity index (χ1v) is 8.12. The predicted octanol–water partition coefficient (Wildman–Crippen LogP) is 3.36. The molecule has 2 rings (SSSR count). The highest BCUT2D eigenvalue weighted by molar-refractivity contribution is 7.13. The van der Waals surface area contributed by atoms with Crippen molar-refractivity contribution in [2.24, 2.45) is 0 Å². The fraction of sp³-hybridized carbons (Fsp3) is 0.375. The van der Waals surface area contributed by atoms with Gasteiger partial charge >= 0.3 is 0 Å². The molecule has 22 heavy (non-hydrogen) atoms. The molecule has 2 aromatic rings. The SMILES string of the molecule is CCCOc1ccc(-c2nc(C(=O)NCC)cs2)cc1OC. The van der Waals surface area contributed by atoms with Gasteiger partial charge in [0.1, 0.15) is 10.7 Å². The maximum absolute atomic E-state index is 11.8. The molecule has 0 aliphatic carbocycles. The summed E-state index contributed by atoms with van der Waals surface area (Å²) < 4.78 is 11.0. The molecule has 1 aromatic heterocycles. The lowest BCUT2D eigenvalue weighted by Gasteiger charge is -2.10. The zero-order valence-corrected chi connectivity index (χ0v) is 13.8. The first-order valence-electron chi connectivity index (χ1n) is 7.24. The minimum absolute atomic E-state index is 0.153. The minimum Gasteiger partial charge on any atom is -0.493 e. The van der Waals surface area contributed by atoms with Crippen molar-refractivity contribution in [1.29, 1.82) is 0 Å². The zero-order valence-electron chi connectivity index (χ0n) is 13.0. The van der Waals surface area contributed by atoms with Gasteiger partial charge in [0.25, 0.3) is 5.91 Å². The Labute approximate surface area is 134 Å². The standard InChI is InChI=1S/C16H20N2O3S/c1-4-8-21-13-7-6-11(9-14(13)20-3)16-18-12(10-22-16)15(19)17-5-2/h6-7,9-10H,4-5,8H2,1-3H3,(H,17,19). The van der Waals surface area contributed by atoms with Gasteiger partial charge < -0.3 is 14.8 Å². The molecule has 0 aliphatic heterocycles. The van der Waals surface area contributed by atoms with E-state index in [2.05, 4.69) is 17.2 Å². The number of nitrogens with one attached hydrogen (secondary N) is 1. The number of hydrogen-bond donors (Lipinski definition) is 1. The number of nitrogens with zero attached hydrogens (tertiary/aromatic N) is 1. The molecule has 6 heteroatoms. The van der Waals surface area contributed by atoms with E-state index in [9.17, 15) is 4.79 Å². The molecule has 0 saturated heterocycles. The number of methoxy groups -OCH3 is 1. The van der Waals surface area contributed by atoms with E-state index in [1.807, 2.05) is 25.1 Å². The molecule has 118 valence electrons. The lowest BCUT2D eigenvalue weighted by Crippen LogP contribution is -2.22. The van der Waals surface area contributed by atoms with E-state index in [-0.39, 0.29) is 5.91 Å². The van der Waals surface area contributed by atoms with Crippen molar-refractivity contribution in [2.75, 3.05) is 20.3 Å². The highest BCUT2D eigenvalue weighted by Crippen LogP contribution is 2.33. The number of hydrogen-bond acceptors (Lipinski definition) is 5. The average Bonchev–Trinajstić information content (AvgIpc) is 3.03. The van der Waals surface area contributed by atoms with E-state index in [0.29, 0.717) is 30.3 Å². The third kappa shape index (κ3) is 3.76. The van der Waals surface area contributed by atoms with E-state index in [1.54, 1.807) is 12.5 Å². The van der Waals surface area contributed by atoms with Crippen LogP contribution in [-0.2, 0) is 0 Å². The second-order valence-corrected chi connectivity index (χ2v) is 5.47. The molecule has 0 spiro atoms. The number of carbonyl (C=O) groups excluding carboxylic acids is 1. The minimum atomic E-state index is -0.153. The van der Waals surface area contributed by atoms with E-state index >= 15 is 0 Å². The van der Waals surface area contributed by atoms with Gasteiger partial charge in [0.15, 0.2) is 11.5 Å². The van der Waals surface area contributed by atoms with Crippen LogP contribution in [0.15, 0.2) is 23.6 Å². The normalized spacial score (nSPS) is 10.3. The summed E-state index contributed by atoms with van der Waals surface area (Å²) in [5.41, 5.74) is 1.34. The summed E-state index contributed by atoms with van der Waals surface area (Å²) in [4.78, 5) is 16.1. The maximum Gasteiger partial charge on any atom is 0.270 e. The largest absolute Gasteiger partial charge is 0.493 e. The van der Waals surface area contributed by atoms with E-state index < -0.39 is 0 Å². The molecule has 1 N–H and O–H groups in total. The lowest BCUT2D eigenvalue weighted by molar-refractivity contribution is 0.0951. The number of ether oxygens (including phenoxy) is 2. The summed E-state index contributed by atoms with van der Waals surface area (Å²) in [5, 5.41) is 5.28. The monoisotopic (exact) mass is 320 g/mol. The van der Waals surface area contributed by atoms with Gasteiger partial charge in [-0.05, 0) is 31.5 Å². The molecule has 1 amide bonds. The van der Waals surface area contributed by atoms with Gasteiger partial charge in [0.05, 0.1) is 13.7 Å². The van der Waals surface area contributed by atoms with Gasteiger partial charge in [0.2, 0.25) is 0 Å². The van der Waals surface area contributed by atoms with Crippen LogP contribution >= 0.6 is 11.3 Å². The lowest BCUT2D eigenvalue weighted by atomic mass is 10.2. The smallest absolute Gasteiger partial charge is 0.270 e. The number of carbonyl (C=O) groups is 1. The molecule has 1 aromatic carbocycles. The molecule has 5 nitrogen and oxygen atoms in total. The van der Waals surface area contributed by atoms with Crippen molar-refractivity contribution in [3.05, 3.63) is 29.3 Å². The van der Waals surface area contributed by atoms with Crippen LogP contribution in [0, 0.1) is 0 Å². The Balaban J connectivity index is 2.23. The van der Waals surface area contributed by atoms with Crippen LogP contribution in [0.3, 0.4) is 0 Å². The second kappa shape index (κ2) is 7.79. The Morgan fingerprint density at radius 3 is 2.82 bits per heavy atom. The summed E-state index contributed by atoms with van der Waals surface area (Å²) in [6.45, 7) is 5.17. The molecular weight excluding hydrogens is 300 g/mol. The summed E-state index contributed by atoms with van der Waals surface area (Å²) >= 11 is 1.43. The molecule has 0 bridgehead atoms. The van der Waals surface area contributed by atoms with Crippen molar-refractivity contribution >= 4 is 17.2 Å². The summed E-state index contributed by atoms with van der Waals surface area (Å²) in [6.07, 6.45) is 0.938. The summed E-state index contributed by atoms with van der Waals surface area (Å²) in [5.74, 6) is 1.23. The van der Waals surface area contributed by atoms with Gasteiger partial charge in [-0.25, -0.2) is 4.98 Å². The van der Waals surface area contributed by atoms with Gasteiger partial charge in [-0.3, -0.25) is 4.79 Å². The molecule has 0 radical (unpaired) electrons. The van der Waals surface area contributed by atoms with Gasteiger partial charge in [-0.2, -0.15) is 0 Å². The van der Waals surface area contributed by atoms with Crippen molar-refractivity contribution in [3.8, 4) is 22.1 Å². The van der Waals surface area contributed by atoms with Crippen LogP contribution in [0.2, 0.25) is 0 Å². The Morgan fingerprint density at radius 2 is 2.14 bits per heavy atom. The summed E-state index contributed by atoms with van der Waals surface area (Å²) in [7, 11) is 1.61. The van der Waals surface area contributed by atoms with Crippen LogP contribution in [0.5, 0.6) is 11.5 Å². The number of benzene rings is 1. The van der Waals surface area contributed by atoms with Gasteiger partial charge in [0, 0.05) is 17.5 Å². The number of thiazole rings is 1. The second-order valence-electron chi connectivity index (χ2n) is 4.61. The topological polar surface area (TPSA) is 60.5 Å². The van der Waals surface area contributed by atoms with Gasteiger partial charge in [-0.15, -0.1) is 11.3 Å². The van der Waals surface area contributed by atoms with Crippen LogP contribution in [-0.4, -0.2) is 31.2 Å². The number of rotatable bonds is 7. The fourth-order valence-electron chi connectivity index (χ4n) is 1.89. The van der Waals surface area contributed by atoms with Crippen molar-refractivity contribution < 1.29 is 14.3 Å². The highest BCUT2D eigenvalue weighted by atomic mass is 32.1. The Kier molecular flexibility index (Phi) is 5.77. The van der Waals surface area contributed by atoms with Crippen LogP contribution < -0.4 is 14.8 Å². The third-order valence-corrected chi connectivity index (χ3v) is 3.84. The first-order chi connectivity index (χ1) is 10.7. The molecule has 0 aliphatic rings. The van der Waals surface area contributed by atoms with Crippen molar-refractivity contribution in [3.63, 3.8) is 0 Å². The van der Waals surface area contributed by atoms with Crippen molar-refractivity contribution in [1.82, 2.24) is 10.3 Å². The Bertz CT molecular complexity index is 640. The van der Waals surface area contributed by atoms with E-state index in [1.165, 1.54) is 11.3 Å². The fourth-order valence-corrected chi connectivity index (χ4v) is 2.69. The number of amides is 1. The van der Waals surface area contributed by atoms with Gasteiger partial charge in [-0.1, -0.05) is 6.92 Å². The molecule has 0 atom stereocenters. The first kappa shape index (κ1) is 16.3. The highest BCUT2D eigenvalue weighted by Gasteiger charge is 2.13. The number of aromatic nitrogens is 1. The molecule has 0 saturated carbocycles. The molecule has 0 fully saturated rings. The Morgan fingerprint density at radius 1 is 1.32 bits per heavy atom. The van der Waals surface area contributed by atoms with E-state index in [4.69, 9.17) is 9.47 Å². The average molecular weight is 320 g/mol. The predicted molar refractivity (Wildman–Crippen MR) is 87.9 cm³/mol. The molecule has 0 unspecified atom stereocenters. The van der Waals surface area contributed by atoms with E-state index in [0.717, 1.165) is 17.0 Å². The maximum atomic E-state index is 11.8. The third-order valence-electron chi connectivity index (χ3n) is 2.95. The molecular formula is C16H20N2O3S. The quantitative estimate of drug-likeness (QED) is 0.850.